The van der Waals surface area contributed by atoms with Crippen LogP contribution in [0.4, 0.5) is 0 Å². The van der Waals surface area contributed by atoms with Crippen LogP contribution in [0.5, 0.6) is 5.75 Å². The van der Waals surface area contributed by atoms with Crippen LogP contribution in [0, 0.1) is 5.92 Å². The van der Waals surface area contributed by atoms with Gasteiger partial charge in [-0.15, -0.1) is 0 Å². The fraction of sp³-hybridized carbons (Fsp3) is 0.189. The number of benzene rings is 4. The maximum absolute atomic E-state index is 15.1. The molecule has 0 unspecified atom stereocenters. The summed E-state index contributed by atoms with van der Waals surface area (Å²) in [7, 11) is 1.45. The molecule has 8 heteroatoms. The molecule has 1 saturated carbocycles. The molecule has 8 nitrogen and oxygen atoms in total. The lowest BCUT2D eigenvalue weighted by molar-refractivity contribution is -0.133. The third kappa shape index (κ3) is 3.59. The molecule has 8 rings (SSSR count). The van der Waals surface area contributed by atoms with E-state index in [4.69, 9.17) is 0 Å². The second kappa shape index (κ2) is 9.75. The first-order chi connectivity index (χ1) is 21.8. The highest BCUT2D eigenvalue weighted by Gasteiger charge is 2.63. The highest BCUT2D eigenvalue weighted by molar-refractivity contribution is 6.31. The van der Waals surface area contributed by atoms with Crippen LogP contribution >= 0.6 is 0 Å². The molecule has 5 aromatic rings. The van der Waals surface area contributed by atoms with Crippen LogP contribution in [0.1, 0.15) is 35.1 Å². The summed E-state index contributed by atoms with van der Waals surface area (Å²) in [6, 6.07) is 28.9. The van der Waals surface area contributed by atoms with Gasteiger partial charge < -0.3 is 5.11 Å². The van der Waals surface area contributed by atoms with Gasteiger partial charge in [0.2, 0.25) is 0 Å². The number of carbonyl (C=O) groups is 2. The molecule has 0 saturated heterocycles. The Kier molecular flexibility index (Phi) is 5.87. The fourth-order valence-corrected chi connectivity index (χ4v) is 8.15. The smallest absolute Gasteiger partial charge is 0.347 e. The summed E-state index contributed by atoms with van der Waals surface area (Å²) in [6.45, 7) is 0.149. The first kappa shape index (κ1) is 27.1. The molecule has 45 heavy (non-hydrogen) atoms. The number of allylic oxidation sites excluding steroid dienone is 4. The second-order valence-corrected chi connectivity index (χ2v) is 12.1. The summed E-state index contributed by atoms with van der Waals surface area (Å²) in [5, 5.41) is 12.2. The Labute approximate surface area is 257 Å². The van der Waals surface area contributed by atoms with E-state index in [1.165, 1.54) is 22.5 Å². The van der Waals surface area contributed by atoms with Crippen molar-refractivity contribution in [3.63, 3.8) is 0 Å². The number of phenols is 1. The van der Waals surface area contributed by atoms with Gasteiger partial charge in [0.15, 0.2) is 11.6 Å². The number of Topliss-reactive ketones (excluding diaryl/α,β-unsaturated/α-hetero) is 1. The molecule has 2 heterocycles. The number of carbonyl (C=O) groups excluding carboxylic acids is 2. The Morgan fingerprint density at radius 2 is 1.44 bits per heavy atom. The molecule has 2 aliphatic carbocycles. The van der Waals surface area contributed by atoms with E-state index < -0.39 is 34.7 Å². The maximum Gasteiger partial charge on any atom is 0.347 e. The number of aromatic hydroxyl groups is 1. The molecule has 0 spiro atoms. The van der Waals surface area contributed by atoms with Crippen LogP contribution < -0.4 is 11.4 Å². The molecule has 1 N–H and O–H groups in total. The number of hydrogen-bond donors (Lipinski definition) is 1. The Hall–Kier alpha value is -5.50. The molecule has 4 atom stereocenters. The minimum atomic E-state index is -1.35. The van der Waals surface area contributed by atoms with E-state index in [1.54, 1.807) is 6.07 Å². The van der Waals surface area contributed by atoms with E-state index in [9.17, 15) is 19.5 Å². The first-order valence-corrected chi connectivity index (χ1v) is 15.0. The molecule has 1 aliphatic heterocycles. The van der Waals surface area contributed by atoms with Crippen LogP contribution in [0.25, 0.3) is 16.3 Å². The van der Waals surface area contributed by atoms with E-state index in [1.807, 2.05) is 97.1 Å². The average Bonchev–Trinajstić information content (AvgIpc) is 3.30. The first-order valence-electron chi connectivity index (χ1n) is 15.0. The fourth-order valence-electron chi connectivity index (χ4n) is 8.15. The van der Waals surface area contributed by atoms with Gasteiger partial charge in [0.25, 0.3) is 0 Å². The summed E-state index contributed by atoms with van der Waals surface area (Å²) >= 11 is 0. The summed E-state index contributed by atoms with van der Waals surface area (Å²) < 4.78 is 3.98. The van der Waals surface area contributed by atoms with Gasteiger partial charge >= 0.3 is 11.4 Å². The lowest BCUT2D eigenvalue weighted by atomic mass is 9.47. The van der Waals surface area contributed by atoms with Crippen molar-refractivity contribution < 1.29 is 14.7 Å². The number of aromatic nitrogens is 3. The van der Waals surface area contributed by atoms with Crippen LogP contribution in [-0.2, 0) is 28.6 Å². The van der Waals surface area contributed by atoms with Crippen LogP contribution in [0.2, 0.25) is 0 Å². The maximum atomic E-state index is 15.1. The normalized spacial score (nSPS) is 24.0. The molecule has 0 radical (unpaired) electrons. The van der Waals surface area contributed by atoms with Gasteiger partial charge in [-0.05, 0) is 46.2 Å². The third-order valence-corrected chi connectivity index (χ3v) is 10.1. The SMILES string of the molecule is Cn1c(=O)n2n(c1=O)[C@@H]1C[C@H]3C(=O)C(c4ccccc4)=CC(=O)[C@@]3(c3ccccc3)[C@@H](c3ccc(O)c4ccccc34)C1=CC2. The van der Waals surface area contributed by atoms with E-state index in [0.29, 0.717) is 22.1 Å². The van der Waals surface area contributed by atoms with Gasteiger partial charge in [-0.25, -0.2) is 23.5 Å². The number of phenolic OH excluding ortho intramolecular Hbond substituents is 1. The van der Waals surface area contributed by atoms with Crippen molar-refractivity contribution in [2.75, 3.05) is 0 Å². The highest BCUT2D eigenvalue weighted by atomic mass is 16.3. The monoisotopic (exact) mass is 595 g/mol. The Balaban J connectivity index is 1.50. The van der Waals surface area contributed by atoms with E-state index >= 15 is 4.79 Å². The summed E-state index contributed by atoms with van der Waals surface area (Å²) in [4.78, 5) is 56.7. The number of nitrogens with zero attached hydrogens (tertiary/aromatic N) is 3. The molecule has 4 aromatic carbocycles. The zero-order valence-electron chi connectivity index (χ0n) is 24.5. The van der Waals surface area contributed by atoms with Crippen molar-refractivity contribution in [1.29, 1.82) is 0 Å². The minimum Gasteiger partial charge on any atom is -0.507 e. The van der Waals surface area contributed by atoms with Gasteiger partial charge in [-0.3, -0.25) is 9.59 Å². The highest BCUT2D eigenvalue weighted by Crippen LogP contribution is 2.62. The van der Waals surface area contributed by atoms with Crippen molar-refractivity contribution in [1.82, 2.24) is 13.9 Å². The predicted octanol–water partition coefficient (Wildman–Crippen LogP) is 4.67. The lowest BCUT2D eigenvalue weighted by Gasteiger charge is -2.54. The topological polar surface area (TPSA) is 103 Å². The molecule has 1 fully saturated rings. The van der Waals surface area contributed by atoms with Gasteiger partial charge in [-0.2, -0.15) is 0 Å². The zero-order valence-corrected chi connectivity index (χ0v) is 24.5. The van der Waals surface area contributed by atoms with Gasteiger partial charge in [0.1, 0.15) is 5.75 Å². The Morgan fingerprint density at radius 3 is 2.18 bits per heavy atom. The number of hydrogen-bond acceptors (Lipinski definition) is 5. The second-order valence-electron chi connectivity index (χ2n) is 12.1. The lowest BCUT2D eigenvalue weighted by Crippen LogP contribution is -2.58. The minimum absolute atomic E-state index is 0.107. The van der Waals surface area contributed by atoms with Gasteiger partial charge in [0.05, 0.1) is 18.0 Å². The van der Waals surface area contributed by atoms with Crippen molar-refractivity contribution in [3.05, 3.63) is 152 Å². The molecule has 222 valence electrons. The van der Waals surface area contributed by atoms with Crippen molar-refractivity contribution >= 4 is 27.9 Å². The Bertz CT molecular complexity index is 2240. The van der Waals surface area contributed by atoms with E-state index in [2.05, 4.69) is 0 Å². The molecular formula is C37H29N3O5. The zero-order chi connectivity index (χ0) is 31.0. The standard InChI is InChI=1S/C37H29N3O5/c1-38-35(44)39-19-18-27-30(40(39)36(38)45)21-29-34(43)28(22-10-4-2-5-11-22)20-32(42)37(29,23-12-6-3-7-13-23)33(27)26-16-17-31(41)25-15-9-8-14-24(25)26/h2-18,20,29-30,33,41H,19,21H2,1H3/t29-,30+,33-,37-/m0/s1. The quantitative estimate of drug-likeness (QED) is 0.306. The molecule has 3 aliphatic rings. The average molecular weight is 596 g/mol. The summed E-state index contributed by atoms with van der Waals surface area (Å²) in [6.07, 6.45) is 3.61. The van der Waals surface area contributed by atoms with Crippen LogP contribution in [0.15, 0.2) is 124 Å². The van der Waals surface area contributed by atoms with E-state index in [-0.39, 0.29) is 30.3 Å². The van der Waals surface area contributed by atoms with Crippen molar-refractivity contribution in [2.24, 2.45) is 13.0 Å². The molecule has 1 aromatic heterocycles. The summed E-state index contributed by atoms with van der Waals surface area (Å²) in [5.41, 5.74) is 1.03. The van der Waals surface area contributed by atoms with Crippen LogP contribution in [0.3, 0.4) is 0 Å². The van der Waals surface area contributed by atoms with E-state index in [0.717, 1.165) is 21.1 Å². The molecular weight excluding hydrogens is 566 g/mol. The van der Waals surface area contributed by atoms with Crippen molar-refractivity contribution in [3.8, 4) is 5.75 Å². The van der Waals surface area contributed by atoms with Gasteiger partial charge in [-0.1, -0.05) is 97.1 Å². The van der Waals surface area contributed by atoms with Crippen LogP contribution in [-0.4, -0.2) is 30.6 Å². The largest absolute Gasteiger partial charge is 0.507 e. The molecule has 0 bridgehead atoms. The predicted molar refractivity (Wildman–Crippen MR) is 170 cm³/mol. The number of ketones is 2. The number of rotatable bonds is 3. The summed E-state index contributed by atoms with van der Waals surface area (Å²) in [5.74, 6) is -1.81. The Morgan fingerprint density at radius 1 is 0.778 bits per heavy atom. The van der Waals surface area contributed by atoms with Gasteiger partial charge in [0, 0.05) is 29.8 Å². The molecule has 0 amide bonds. The number of fused-ring (bicyclic) bond motifs is 5. The third-order valence-electron chi connectivity index (χ3n) is 10.1. The van der Waals surface area contributed by atoms with Crippen molar-refractivity contribution in [2.45, 2.75) is 30.3 Å².